The summed E-state index contributed by atoms with van der Waals surface area (Å²) in [7, 11) is 0. The van der Waals surface area contributed by atoms with Crippen molar-refractivity contribution in [3.63, 3.8) is 0 Å². The van der Waals surface area contributed by atoms with E-state index in [4.69, 9.17) is 4.74 Å². The molecule has 0 N–H and O–H groups in total. The second-order valence-corrected chi connectivity index (χ2v) is 2.23. The van der Waals surface area contributed by atoms with Crippen molar-refractivity contribution in [2.45, 2.75) is 20.3 Å². The van der Waals surface area contributed by atoms with Crippen LogP contribution < -0.4 is 0 Å². The molecular weight excluding hydrogens is 100 g/mol. The lowest BCUT2D eigenvalue weighted by atomic mass is 10.1. The molecule has 8 heavy (non-hydrogen) atoms. The number of hydrogen-bond donors (Lipinski definition) is 0. The van der Waals surface area contributed by atoms with Gasteiger partial charge in [-0.2, -0.15) is 0 Å². The van der Waals surface area contributed by atoms with Gasteiger partial charge in [-0.15, -0.1) is 0 Å². The van der Waals surface area contributed by atoms with Crippen molar-refractivity contribution in [3.8, 4) is 0 Å². The molecule has 0 radical (unpaired) electrons. The van der Waals surface area contributed by atoms with Gasteiger partial charge in [-0.1, -0.05) is 6.92 Å². The van der Waals surface area contributed by atoms with E-state index in [0.29, 0.717) is 5.92 Å². The highest BCUT2D eigenvalue weighted by Gasteiger charge is 2.15. The summed E-state index contributed by atoms with van der Waals surface area (Å²) in [4.78, 5) is 0. The van der Waals surface area contributed by atoms with Crippen LogP contribution in [0.15, 0.2) is 11.8 Å². The van der Waals surface area contributed by atoms with Crippen molar-refractivity contribution in [1.29, 1.82) is 0 Å². The molecule has 0 amide bonds. The molecule has 1 rings (SSSR count). The molecule has 0 aromatic heterocycles. The average Bonchev–Trinajstić information content (AvgIpc) is 2.14. The molecule has 0 saturated carbocycles. The molecule has 1 saturated heterocycles. The van der Waals surface area contributed by atoms with Gasteiger partial charge in [-0.25, -0.2) is 0 Å². The van der Waals surface area contributed by atoms with Crippen LogP contribution in [-0.2, 0) is 4.74 Å². The summed E-state index contributed by atoms with van der Waals surface area (Å²) in [6.45, 7) is 5.14. The lowest BCUT2D eigenvalue weighted by molar-refractivity contribution is 0.259. The van der Waals surface area contributed by atoms with E-state index in [0.717, 1.165) is 6.61 Å². The van der Waals surface area contributed by atoms with Crippen molar-refractivity contribution < 1.29 is 4.74 Å². The van der Waals surface area contributed by atoms with Crippen LogP contribution in [0.1, 0.15) is 20.3 Å². The number of ether oxygens (including phenoxy) is 1. The first-order valence-electron chi connectivity index (χ1n) is 3.13. The topological polar surface area (TPSA) is 9.23 Å². The van der Waals surface area contributed by atoms with Gasteiger partial charge in [-0.3, -0.25) is 0 Å². The number of rotatable bonds is 0. The first kappa shape index (κ1) is 5.67. The summed E-state index contributed by atoms with van der Waals surface area (Å²) in [6.07, 6.45) is 3.25. The molecular formula is C7H12O. The Kier molecular flexibility index (Phi) is 1.56. The fraction of sp³-hybridized carbons (Fsp3) is 0.714. The van der Waals surface area contributed by atoms with E-state index in [-0.39, 0.29) is 0 Å². The molecule has 1 unspecified atom stereocenters. The molecule has 46 valence electrons. The molecule has 1 fully saturated rings. The highest BCUT2D eigenvalue weighted by atomic mass is 16.5. The van der Waals surface area contributed by atoms with Crippen molar-refractivity contribution >= 4 is 0 Å². The minimum atomic E-state index is 0.667. The monoisotopic (exact) mass is 112 g/mol. The second-order valence-electron chi connectivity index (χ2n) is 2.23. The van der Waals surface area contributed by atoms with E-state index in [9.17, 15) is 0 Å². The zero-order chi connectivity index (χ0) is 5.98. The van der Waals surface area contributed by atoms with E-state index >= 15 is 0 Å². The van der Waals surface area contributed by atoms with E-state index in [1.807, 2.05) is 6.92 Å². The molecule has 0 spiro atoms. The Hall–Kier alpha value is -0.460. The predicted molar refractivity (Wildman–Crippen MR) is 33.5 cm³/mol. The lowest BCUT2D eigenvalue weighted by Crippen LogP contribution is -1.87. The van der Waals surface area contributed by atoms with E-state index in [1.165, 1.54) is 12.2 Å². The Morgan fingerprint density at radius 3 is 2.75 bits per heavy atom. The van der Waals surface area contributed by atoms with Gasteiger partial charge in [0, 0.05) is 5.92 Å². The van der Waals surface area contributed by atoms with Crippen molar-refractivity contribution in [3.05, 3.63) is 11.8 Å². The normalized spacial score (nSPS) is 33.2. The largest absolute Gasteiger partial charge is 0.498 e. The quantitative estimate of drug-likeness (QED) is 0.465. The predicted octanol–water partition coefficient (Wildman–Crippen LogP) is 1.95. The second kappa shape index (κ2) is 2.21. The molecule has 1 heterocycles. The molecule has 1 nitrogen and oxygen atoms in total. The minimum absolute atomic E-state index is 0.667. The van der Waals surface area contributed by atoms with Gasteiger partial charge < -0.3 is 4.74 Å². The third-order valence-corrected chi connectivity index (χ3v) is 1.59. The standard InChI is InChI=1S/C7H12O/c1-3-7-6(2)4-5-8-7/h3,6H,4-5H2,1-2H3. The van der Waals surface area contributed by atoms with Gasteiger partial charge in [-0.05, 0) is 19.4 Å². The van der Waals surface area contributed by atoms with Gasteiger partial charge >= 0.3 is 0 Å². The zero-order valence-corrected chi connectivity index (χ0v) is 5.48. The van der Waals surface area contributed by atoms with E-state index in [1.54, 1.807) is 0 Å². The molecule has 0 aromatic rings. The Labute approximate surface area is 50.3 Å². The SMILES string of the molecule is CC=C1OCCC1C. The maximum atomic E-state index is 5.28. The van der Waals surface area contributed by atoms with Gasteiger partial charge in [0.1, 0.15) is 0 Å². The van der Waals surface area contributed by atoms with Gasteiger partial charge in [0.15, 0.2) is 0 Å². The molecule has 1 heteroatoms. The summed E-state index contributed by atoms with van der Waals surface area (Å²) >= 11 is 0. The van der Waals surface area contributed by atoms with Crippen LogP contribution >= 0.6 is 0 Å². The first-order valence-corrected chi connectivity index (χ1v) is 3.13. The van der Waals surface area contributed by atoms with Crippen LogP contribution in [0.5, 0.6) is 0 Å². The molecule has 1 aliphatic heterocycles. The first-order chi connectivity index (χ1) is 3.84. The summed E-state index contributed by atoms with van der Waals surface area (Å²) in [5.41, 5.74) is 0. The average molecular weight is 112 g/mol. The molecule has 1 atom stereocenters. The maximum absolute atomic E-state index is 5.28. The fourth-order valence-electron chi connectivity index (χ4n) is 1.01. The van der Waals surface area contributed by atoms with Crippen molar-refractivity contribution in [2.24, 2.45) is 5.92 Å². The highest BCUT2D eigenvalue weighted by Crippen LogP contribution is 2.22. The van der Waals surface area contributed by atoms with Crippen LogP contribution in [-0.4, -0.2) is 6.61 Å². The van der Waals surface area contributed by atoms with Gasteiger partial charge in [0.25, 0.3) is 0 Å². The smallest absolute Gasteiger partial charge is 0.0946 e. The van der Waals surface area contributed by atoms with E-state index < -0.39 is 0 Å². The summed E-state index contributed by atoms with van der Waals surface area (Å²) in [5.74, 6) is 1.84. The van der Waals surface area contributed by atoms with Crippen LogP contribution in [0.3, 0.4) is 0 Å². The number of allylic oxidation sites excluding steroid dienone is 2. The summed E-state index contributed by atoms with van der Waals surface area (Å²) in [5, 5.41) is 0. The van der Waals surface area contributed by atoms with Crippen molar-refractivity contribution in [2.75, 3.05) is 6.61 Å². The molecule has 0 aromatic carbocycles. The third kappa shape index (κ3) is 0.857. The molecule has 1 aliphatic rings. The highest BCUT2D eigenvalue weighted by molar-refractivity contribution is 4.98. The maximum Gasteiger partial charge on any atom is 0.0946 e. The van der Waals surface area contributed by atoms with Crippen molar-refractivity contribution in [1.82, 2.24) is 0 Å². The minimum Gasteiger partial charge on any atom is -0.498 e. The van der Waals surface area contributed by atoms with Crippen LogP contribution in [0.4, 0.5) is 0 Å². The fourth-order valence-corrected chi connectivity index (χ4v) is 1.01. The Morgan fingerprint density at radius 1 is 1.75 bits per heavy atom. The summed E-state index contributed by atoms with van der Waals surface area (Å²) in [6, 6.07) is 0. The Bertz CT molecular complexity index is 105. The Balaban J connectivity index is 2.55. The van der Waals surface area contributed by atoms with E-state index in [2.05, 4.69) is 13.0 Å². The molecule has 0 bridgehead atoms. The number of hydrogen-bond acceptors (Lipinski definition) is 1. The molecule has 0 aliphatic carbocycles. The van der Waals surface area contributed by atoms with Crippen LogP contribution in [0.2, 0.25) is 0 Å². The Morgan fingerprint density at radius 2 is 2.50 bits per heavy atom. The zero-order valence-electron chi connectivity index (χ0n) is 5.48. The lowest BCUT2D eigenvalue weighted by Gasteiger charge is -1.99. The van der Waals surface area contributed by atoms with Gasteiger partial charge in [0.2, 0.25) is 0 Å². The van der Waals surface area contributed by atoms with Crippen LogP contribution in [0.25, 0.3) is 0 Å². The third-order valence-electron chi connectivity index (χ3n) is 1.59. The van der Waals surface area contributed by atoms with Gasteiger partial charge in [0.05, 0.1) is 12.4 Å². The van der Waals surface area contributed by atoms with Crippen LogP contribution in [0, 0.1) is 5.92 Å². The summed E-state index contributed by atoms with van der Waals surface area (Å²) < 4.78 is 5.28.